The zero-order valence-corrected chi connectivity index (χ0v) is 10.8. The lowest BCUT2D eigenvalue weighted by atomic mass is 10.1. The molecule has 2 rings (SSSR count). The number of hydrogen-bond acceptors (Lipinski definition) is 2. The van der Waals surface area contributed by atoms with Crippen LogP contribution in [0.2, 0.25) is 5.02 Å². The van der Waals surface area contributed by atoms with Gasteiger partial charge in [0.15, 0.2) is 0 Å². The highest BCUT2D eigenvalue weighted by Gasteiger charge is 2.03. The molecule has 0 atom stereocenters. The van der Waals surface area contributed by atoms with Gasteiger partial charge in [-0.1, -0.05) is 23.7 Å². The lowest BCUT2D eigenvalue weighted by Crippen LogP contribution is -1.81. The fourth-order valence-corrected chi connectivity index (χ4v) is 2.46. The lowest BCUT2D eigenvalue weighted by Gasteiger charge is -1.99. The normalized spacial score (nSPS) is 11.2. The van der Waals surface area contributed by atoms with Crippen molar-refractivity contribution in [2.24, 2.45) is 0 Å². The maximum absolute atomic E-state index is 9.19. The molecule has 3 heteroatoms. The van der Waals surface area contributed by atoms with Crippen LogP contribution in [0.4, 0.5) is 0 Å². The molecule has 17 heavy (non-hydrogen) atoms. The number of halogens is 1. The highest BCUT2D eigenvalue weighted by Crippen LogP contribution is 2.24. The second kappa shape index (κ2) is 5.18. The van der Waals surface area contributed by atoms with Gasteiger partial charge in [0.1, 0.15) is 0 Å². The summed E-state index contributed by atoms with van der Waals surface area (Å²) in [6.45, 7) is 2.04. The molecule has 0 spiro atoms. The van der Waals surface area contributed by atoms with E-state index in [0.29, 0.717) is 10.6 Å². The van der Waals surface area contributed by atoms with Crippen molar-refractivity contribution in [3.8, 4) is 6.07 Å². The van der Waals surface area contributed by atoms with Gasteiger partial charge >= 0.3 is 0 Å². The molecular formula is C14H10ClNS. The number of hydrogen-bond donors (Lipinski definition) is 0. The first-order valence-corrected chi connectivity index (χ1v) is 6.38. The van der Waals surface area contributed by atoms with Crippen LogP contribution in [0.1, 0.15) is 16.0 Å². The van der Waals surface area contributed by atoms with Crippen molar-refractivity contribution in [3.05, 3.63) is 56.7 Å². The van der Waals surface area contributed by atoms with E-state index in [-0.39, 0.29) is 0 Å². The standard InChI is InChI=1S/C14H10ClNS/c1-10-6-7-17-14(10)8-12(9-16)11-2-4-13(15)5-3-11/h2-8H,1H3. The minimum atomic E-state index is 0.659. The van der Waals surface area contributed by atoms with E-state index in [4.69, 9.17) is 11.6 Å². The van der Waals surface area contributed by atoms with E-state index in [9.17, 15) is 5.26 Å². The summed E-state index contributed by atoms with van der Waals surface area (Å²) in [5, 5.41) is 11.9. The first-order valence-electron chi connectivity index (χ1n) is 5.12. The Hall–Kier alpha value is -1.56. The summed E-state index contributed by atoms with van der Waals surface area (Å²) >= 11 is 7.46. The molecule has 0 unspecified atom stereocenters. The summed E-state index contributed by atoms with van der Waals surface area (Å²) in [6.07, 6.45) is 1.92. The molecule has 1 aromatic heterocycles. The summed E-state index contributed by atoms with van der Waals surface area (Å²) in [6, 6.07) is 11.6. The average molecular weight is 260 g/mol. The van der Waals surface area contributed by atoms with E-state index in [2.05, 4.69) is 6.07 Å². The predicted molar refractivity (Wildman–Crippen MR) is 74.0 cm³/mol. The summed E-state index contributed by atoms with van der Waals surface area (Å²) < 4.78 is 0. The minimum absolute atomic E-state index is 0.659. The molecule has 0 bridgehead atoms. The molecular weight excluding hydrogens is 250 g/mol. The predicted octanol–water partition coefficient (Wildman–Crippen LogP) is 4.77. The van der Waals surface area contributed by atoms with Crippen molar-refractivity contribution < 1.29 is 0 Å². The third-order valence-electron chi connectivity index (χ3n) is 2.45. The van der Waals surface area contributed by atoms with Crippen molar-refractivity contribution in [2.45, 2.75) is 6.92 Å². The van der Waals surface area contributed by atoms with Crippen LogP contribution >= 0.6 is 22.9 Å². The number of nitrogens with zero attached hydrogens (tertiary/aromatic N) is 1. The molecule has 0 saturated heterocycles. The summed E-state index contributed by atoms with van der Waals surface area (Å²) in [4.78, 5) is 1.12. The van der Waals surface area contributed by atoms with E-state index in [0.717, 1.165) is 10.4 Å². The van der Waals surface area contributed by atoms with E-state index in [1.54, 1.807) is 23.5 Å². The lowest BCUT2D eigenvalue weighted by molar-refractivity contribution is 1.51. The molecule has 1 nitrogen and oxygen atoms in total. The van der Waals surface area contributed by atoms with Crippen LogP contribution in [0, 0.1) is 18.3 Å². The van der Waals surface area contributed by atoms with Gasteiger partial charge in [0.25, 0.3) is 0 Å². The topological polar surface area (TPSA) is 23.8 Å². The highest BCUT2D eigenvalue weighted by molar-refractivity contribution is 7.11. The van der Waals surface area contributed by atoms with Crippen LogP contribution in [-0.2, 0) is 0 Å². The van der Waals surface area contributed by atoms with Gasteiger partial charge < -0.3 is 0 Å². The maximum atomic E-state index is 9.19. The van der Waals surface area contributed by atoms with Gasteiger partial charge in [0, 0.05) is 9.90 Å². The summed E-state index contributed by atoms with van der Waals surface area (Å²) in [5.74, 6) is 0. The third kappa shape index (κ3) is 2.76. The average Bonchev–Trinajstić information content (AvgIpc) is 2.73. The fraction of sp³-hybridized carbons (Fsp3) is 0.0714. The molecule has 0 aliphatic rings. The molecule has 0 fully saturated rings. The first kappa shape index (κ1) is 11.9. The molecule has 0 aliphatic carbocycles. The van der Waals surface area contributed by atoms with Crippen LogP contribution in [0.25, 0.3) is 11.6 Å². The van der Waals surface area contributed by atoms with Crippen LogP contribution in [0.3, 0.4) is 0 Å². The Morgan fingerprint density at radius 2 is 2.00 bits per heavy atom. The molecule has 0 saturated carbocycles. The SMILES string of the molecule is Cc1ccsc1C=C(C#N)c1ccc(Cl)cc1. The Morgan fingerprint density at radius 1 is 1.29 bits per heavy atom. The molecule has 1 aromatic carbocycles. The molecule has 84 valence electrons. The minimum Gasteiger partial charge on any atom is -0.192 e. The molecule has 0 amide bonds. The van der Waals surface area contributed by atoms with E-state index in [1.165, 1.54) is 5.56 Å². The van der Waals surface area contributed by atoms with Crippen molar-refractivity contribution in [2.75, 3.05) is 0 Å². The second-order valence-electron chi connectivity index (χ2n) is 3.64. The summed E-state index contributed by atoms with van der Waals surface area (Å²) in [5.41, 5.74) is 2.74. The number of allylic oxidation sites excluding steroid dienone is 1. The molecule has 0 radical (unpaired) electrons. The molecule has 2 aromatic rings. The van der Waals surface area contributed by atoms with Crippen molar-refractivity contribution in [1.29, 1.82) is 5.26 Å². The third-order valence-corrected chi connectivity index (χ3v) is 3.67. The zero-order valence-electron chi connectivity index (χ0n) is 9.27. The Labute approximate surface area is 110 Å². The number of thiophene rings is 1. The number of benzene rings is 1. The van der Waals surface area contributed by atoms with Gasteiger partial charge in [-0.2, -0.15) is 5.26 Å². The van der Waals surface area contributed by atoms with Crippen molar-refractivity contribution in [1.82, 2.24) is 0 Å². The highest BCUT2D eigenvalue weighted by atomic mass is 35.5. The molecule has 1 heterocycles. The van der Waals surface area contributed by atoms with E-state index >= 15 is 0 Å². The number of aryl methyl sites for hydroxylation is 1. The molecule has 0 aliphatic heterocycles. The van der Waals surface area contributed by atoms with Crippen LogP contribution in [0.15, 0.2) is 35.7 Å². The van der Waals surface area contributed by atoms with Gasteiger partial charge in [-0.25, -0.2) is 0 Å². The van der Waals surface area contributed by atoms with Crippen molar-refractivity contribution in [3.63, 3.8) is 0 Å². The quantitative estimate of drug-likeness (QED) is 0.713. The van der Waals surface area contributed by atoms with Gasteiger partial charge in [0.05, 0.1) is 11.6 Å². The van der Waals surface area contributed by atoms with Gasteiger partial charge in [0.2, 0.25) is 0 Å². The monoisotopic (exact) mass is 259 g/mol. The number of rotatable bonds is 2. The Bertz CT molecular complexity index is 587. The van der Waals surface area contributed by atoms with Crippen molar-refractivity contribution >= 4 is 34.6 Å². The van der Waals surface area contributed by atoms with E-state index < -0.39 is 0 Å². The molecule has 0 N–H and O–H groups in total. The largest absolute Gasteiger partial charge is 0.192 e. The maximum Gasteiger partial charge on any atom is 0.0998 e. The van der Waals surface area contributed by atoms with Gasteiger partial charge in [-0.15, -0.1) is 11.3 Å². The Balaban J connectivity index is 2.41. The second-order valence-corrected chi connectivity index (χ2v) is 5.03. The van der Waals surface area contributed by atoms with E-state index in [1.807, 2.05) is 36.6 Å². The van der Waals surface area contributed by atoms with Gasteiger partial charge in [-0.3, -0.25) is 0 Å². The first-order chi connectivity index (χ1) is 8.20. The number of nitriles is 1. The smallest absolute Gasteiger partial charge is 0.0998 e. The van der Waals surface area contributed by atoms with Crippen LogP contribution < -0.4 is 0 Å². The van der Waals surface area contributed by atoms with Gasteiger partial charge in [-0.05, 0) is 47.7 Å². The Morgan fingerprint density at radius 3 is 2.53 bits per heavy atom. The summed E-state index contributed by atoms with van der Waals surface area (Å²) in [7, 11) is 0. The zero-order chi connectivity index (χ0) is 12.3. The Kier molecular flexibility index (Phi) is 3.63. The van der Waals surface area contributed by atoms with Crippen LogP contribution in [-0.4, -0.2) is 0 Å². The van der Waals surface area contributed by atoms with Crippen LogP contribution in [0.5, 0.6) is 0 Å². The fourth-order valence-electron chi connectivity index (χ4n) is 1.47.